The molecule has 0 aromatic heterocycles. The van der Waals surface area contributed by atoms with E-state index in [1.807, 2.05) is 53.7 Å². The molecule has 7 heteroatoms. The molecule has 33 heavy (non-hydrogen) atoms. The number of thiocarbonyl (C=S) groups is 1. The van der Waals surface area contributed by atoms with E-state index in [0.29, 0.717) is 17.0 Å². The van der Waals surface area contributed by atoms with Gasteiger partial charge in [0.25, 0.3) is 11.8 Å². The fourth-order valence-corrected chi connectivity index (χ4v) is 3.95. The molecule has 2 amide bonds. The summed E-state index contributed by atoms with van der Waals surface area (Å²) >= 11 is 5.28. The van der Waals surface area contributed by atoms with Crippen LogP contribution in [-0.4, -0.2) is 29.1 Å². The molecule has 1 saturated heterocycles. The number of anilines is 1. The Hall–Kier alpha value is -3.19. The van der Waals surface area contributed by atoms with Gasteiger partial charge in [0, 0.05) is 11.1 Å². The minimum Gasteiger partial charge on any atom is -0.507 e. The Labute approximate surface area is 200 Å². The van der Waals surface area contributed by atoms with Gasteiger partial charge in [-0.2, -0.15) is 0 Å². The number of rotatable bonds is 3. The van der Waals surface area contributed by atoms with E-state index in [-0.39, 0.29) is 27.3 Å². The maximum absolute atomic E-state index is 13.4. The van der Waals surface area contributed by atoms with Crippen molar-refractivity contribution in [1.29, 1.82) is 0 Å². The lowest BCUT2D eigenvalue weighted by Gasteiger charge is -2.30. The van der Waals surface area contributed by atoms with Gasteiger partial charge >= 0.3 is 0 Å². The number of methoxy groups -OCH3 is 1. The molecule has 0 spiro atoms. The van der Waals surface area contributed by atoms with Gasteiger partial charge in [0.05, 0.1) is 12.8 Å². The van der Waals surface area contributed by atoms with E-state index in [0.717, 1.165) is 11.1 Å². The summed E-state index contributed by atoms with van der Waals surface area (Å²) in [6.07, 6.45) is 1.56. The van der Waals surface area contributed by atoms with E-state index in [4.69, 9.17) is 17.0 Å². The largest absolute Gasteiger partial charge is 0.507 e. The zero-order valence-electron chi connectivity index (χ0n) is 20.1. The van der Waals surface area contributed by atoms with Crippen LogP contribution in [0.5, 0.6) is 11.5 Å². The average Bonchev–Trinajstić information content (AvgIpc) is 2.70. The van der Waals surface area contributed by atoms with Crippen molar-refractivity contribution in [3.8, 4) is 11.5 Å². The third-order valence-electron chi connectivity index (χ3n) is 5.49. The number of aromatic hydroxyl groups is 1. The van der Waals surface area contributed by atoms with Crippen molar-refractivity contribution < 1.29 is 19.4 Å². The first-order valence-corrected chi connectivity index (χ1v) is 11.1. The lowest BCUT2D eigenvalue weighted by Crippen LogP contribution is -2.54. The highest BCUT2D eigenvalue weighted by Crippen LogP contribution is 2.40. The van der Waals surface area contributed by atoms with Crippen LogP contribution < -0.4 is 15.0 Å². The number of nitrogens with zero attached hydrogens (tertiary/aromatic N) is 1. The molecule has 3 rings (SSSR count). The number of benzene rings is 2. The second-order valence-electron chi connectivity index (χ2n) is 10.1. The third-order valence-corrected chi connectivity index (χ3v) is 5.78. The van der Waals surface area contributed by atoms with Crippen LogP contribution in [0.25, 0.3) is 6.08 Å². The monoisotopic (exact) mass is 466 g/mol. The molecule has 1 fully saturated rings. The standard InChI is InChI=1S/C26H30N2O4S/c1-25(2,3)19-13-15(14-20(21(19)29)26(4,5)6)12-18-22(30)27-24(33)28(23(18)31)16-8-10-17(32-7)11-9-16/h8-14,29H,1-7H3,(H,27,30,33)/b18-12+. The van der Waals surface area contributed by atoms with Crippen LogP contribution in [0.1, 0.15) is 58.2 Å². The predicted molar refractivity (Wildman–Crippen MR) is 135 cm³/mol. The molecule has 0 atom stereocenters. The summed E-state index contributed by atoms with van der Waals surface area (Å²) in [6, 6.07) is 10.5. The molecule has 0 unspecified atom stereocenters. The summed E-state index contributed by atoms with van der Waals surface area (Å²) in [5, 5.41) is 13.6. The molecule has 0 saturated carbocycles. The molecular weight excluding hydrogens is 436 g/mol. The van der Waals surface area contributed by atoms with Crippen LogP contribution in [0.4, 0.5) is 5.69 Å². The summed E-state index contributed by atoms with van der Waals surface area (Å²) in [6.45, 7) is 12.0. The highest BCUT2D eigenvalue weighted by molar-refractivity contribution is 7.80. The van der Waals surface area contributed by atoms with E-state index in [1.54, 1.807) is 37.5 Å². The number of nitrogens with one attached hydrogen (secondary N) is 1. The van der Waals surface area contributed by atoms with Crippen molar-refractivity contribution in [2.45, 2.75) is 52.4 Å². The van der Waals surface area contributed by atoms with E-state index in [2.05, 4.69) is 5.32 Å². The summed E-state index contributed by atoms with van der Waals surface area (Å²) in [5.74, 6) is -0.200. The summed E-state index contributed by atoms with van der Waals surface area (Å²) in [4.78, 5) is 27.4. The van der Waals surface area contributed by atoms with Crippen molar-refractivity contribution in [3.05, 3.63) is 58.7 Å². The number of phenols is 1. The van der Waals surface area contributed by atoms with Gasteiger partial charge in [-0.25, -0.2) is 0 Å². The Morgan fingerprint density at radius 1 is 0.970 bits per heavy atom. The maximum Gasteiger partial charge on any atom is 0.270 e. The minimum atomic E-state index is -0.558. The van der Waals surface area contributed by atoms with Crippen molar-refractivity contribution in [2.24, 2.45) is 0 Å². The summed E-state index contributed by atoms with van der Waals surface area (Å²) in [5.41, 5.74) is 1.95. The molecule has 2 aromatic rings. The van der Waals surface area contributed by atoms with Crippen LogP contribution in [0.2, 0.25) is 0 Å². The number of carbonyl (C=O) groups is 2. The van der Waals surface area contributed by atoms with Gasteiger partial charge in [0.1, 0.15) is 17.1 Å². The summed E-state index contributed by atoms with van der Waals surface area (Å²) < 4.78 is 5.18. The minimum absolute atomic E-state index is 0.0174. The lowest BCUT2D eigenvalue weighted by atomic mass is 9.78. The highest BCUT2D eigenvalue weighted by atomic mass is 32.1. The Bertz CT molecular complexity index is 1120. The number of amides is 2. The summed E-state index contributed by atoms with van der Waals surface area (Å²) in [7, 11) is 1.56. The molecule has 6 nitrogen and oxygen atoms in total. The Kier molecular flexibility index (Phi) is 6.40. The predicted octanol–water partition coefficient (Wildman–Crippen LogP) is 4.83. The zero-order chi connectivity index (χ0) is 24.7. The van der Waals surface area contributed by atoms with E-state index >= 15 is 0 Å². The number of hydrogen-bond donors (Lipinski definition) is 2. The number of hydrogen-bond acceptors (Lipinski definition) is 5. The van der Waals surface area contributed by atoms with Crippen LogP contribution in [0, 0.1) is 0 Å². The SMILES string of the molecule is COc1ccc(N2C(=O)/C(=C/c3cc(C(C)(C)C)c(O)c(C(C)(C)C)c3)C(=O)NC2=S)cc1. The van der Waals surface area contributed by atoms with E-state index in [9.17, 15) is 14.7 Å². The molecule has 0 aliphatic carbocycles. The number of ether oxygens (including phenoxy) is 1. The molecule has 1 aliphatic heterocycles. The van der Waals surface area contributed by atoms with Crippen molar-refractivity contribution in [2.75, 3.05) is 12.0 Å². The van der Waals surface area contributed by atoms with Gasteiger partial charge in [0.2, 0.25) is 0 Å². The second kappa shape index (κ2) is 8.63. The van der Waals surface area contributed by atoms with Gasteiger partial charge in [-0.1, -0.05) is 41.5 Å². The van der Waals surface area contributed by atoms with Gasteiger partial charge in [0.15, 0.2) is 5.11 Å². The highest BCUT2D eigenvalue weighted by Gasteiger charge is 2.35. The molecule has 0 bridgehead atoms. The van der Waals surface area contributed by atoms with Crippen LogP contribution in [-0.2, 0) is 20.4 Å². The van der Waals surface area contributed by atoms with Gasteiger partial charge in [-0.15, -0.1) is 0 Å². The fraction of sp³-hybridized carbons (Fsp3) is 0.346. The lowest BCUT2D eigenvalue weighted by molar-refractivity contribution is -0.122. The molecule has 174 valence electrons. The number of carbonyl (C=O) groups excluding carboxylic acids is 2. The van der Waals surface area contributed by atoms with Crippen LogP contribution >= 0.6 is 12.2 Å². The third kappa shape index (κ3) is 4.93. The Balaban J connectivity index is 2.13. The molecule has 2 aromatic carbocycles. The molecule has 1 aliphatic rings. The van der Waals surface area contributed by atoms with Crippen LogP contribution in [0.3, 0.4) is 0 Å². The molecule has 0 radical (unpaired) electrons. The quantitative estimate of drug-likeness (QED) is 0.385. The topological polar surface area (TPSA) is 78.9 Å². The average molecular weight is 467 g/mol. The zero-order valence-corrected chi connectivity index (χ0v) is 20.9. The van der Waals surface area contributed by atoms with Gasteiger partial charge < -0.3 is 9.84 Å². The van der Waals surface area contributed by atoms with E-state index < -0.39 is 11.8 Å². The van der Waals surface area contributed by atoms with Crippen molar-refractivity contribution in [3.63, 3.8) is 0 Å². The first-order chi connectivity index (χ1) is 15.2. The molecular formula is C26H30N2O4S. The Morgan fingerprint density at radius 2 is 1.48 bits per heavy atom. The number of phenolic OH excluding ortho intramolecular Hbond substituents is 1. The first-order valence-electron chi connectivity index (χ1n) is 10.7. The smallest absolute Gasteiger partial charge is 0.270 e. The normalized spacial score (nSPS) is 16.3. The van der Waals surface area contributed by atoms with E-state index in [1.165, 1.54) is 4.90 Å². The second-order valence-corrected chi connectivity index (χ2v) is 10.5. The van der Waals surface area contributed by atoms with Gasteiger partial charge in [-0.3, -0.25) is 19.8 Å². The Morgan fingerprint density at radius 3 is 1.94 bits per heavy atom. The fourth-order valence-electron chi connectivity index (χ4n) is 3.67. The van der Waals surface area contributed by atoms with Crippen LogP contribution in [0.15, 0.2) is 42.0 Å². The van der Waals surface area contributed by atoms with Crippen molar-refractivity contribution >= 4 is 40.9 Å². The van der Waals surface area contributed by atoms with Crippen molar-refractivity contribution in [1.82, 2.24) is 5.32 Å². The first kappa shape index (κ1) is 24.5. The molecule has 1 heterocycles. The molecule has 2 N–H and O–H groups in total. The maximum atomic E-state index is 13.4. The van der Waals surface area contributed by atoms with Gasteiger partial charge in [-0.05, 0) is 71.1 Å².